The van der Waals surface area contributed by atoms with E-state index in [1.54, 1.807) is 0 Å². The average molecular weight is 548 g/mol. The molecule has 6 rings (SSSR count). The molecule has 2 aliphatic heterocycles. The van der Waals surface area contributed by atoms with E-state index in [0.717, 1.165) is 91.4 Å². The van der Waals surface area contributed by atoms with Crippen molar-refractivity contribution in [2.75, 3.05) is 57.4 Å². The summed E-state index contributed by atoms with van der Waals surface area (Å²) in [5.74, 6) is 2.64. The van der Waals surface area contributed by atoms with E-state index in [1.807, 2.05) is 23.5 Å². The number of hydrogen-bond donors (Lipinski definition) is 0. The molecule has 0 amide bonds. The maximum atomic E-state index is 10.9. The Kier molecular flexibility index (Phi) is 7.37. The van der Waals surface area contributed by atoms with Crippen molar-refractivity contribution in [2.45, 2.75) is 45.7 Å². The van der Waals surface area contributed by atoms with E-state index >= 15 is 0 Å². The third-order valence-corrected chi connectivity index (χ3v) is 9.02. The summed E-state index contributed by atoms with van der Waals surface area (Å²) in [6.07, 6.45) is 2.42. The first-order valence-corrected chi connectivity index (χ1v) is 14.8. The number of thiophene rings is 1. The lowest BCUT2D eigenvalue weighted by Crippen LogP contribution is -2.58. The second-order valence-corrected chi connectivity index (χ2v) is 12.2. The van der Waals surface area contributed by atoms with Crippen LogP contribution in [0, 0.1) is 0 Å². The molecule has 206 valence electrons. The third-order valence-electron chi connectivity index (χ3n) is 7.91. The van der Waals surface area contributed by atoms with Crippen molar-refractivity contribution in [2.24, 2.45) is 0 Å². The second kappa shape index (κ2) is 10.9. The van der Waals surface area contributed by atoms with Crippen LogP contribution in [0.5, 0.6) is 0 Å². The number of anilines is 1. The third kappa shape index (κ3) is 5.18. The zero-order valence-electron chi connectivity index (χ0n) is 23.1. The summed E-state index contributed by atoms with van der Waals surface area (Å²) >= 11 is 1.81. The Morgan fingerprint density at radius 2 is 1.87 bits per heavy atom. The first-order chi connectivity index (χ1) is 19.0. The molecule has 2 aliphatic rings. The molecule has 4 aromatic rings. The van der Waals surface area contributed by atoms with Gasteiger partial charge in [-0.05, 0) is 32.0 Å². The van der Waals surface area contributed by atoms with E-state index in [0.29, 0.717) is 25.6 Å². The number of aryl methyl sites for hydroxylation is 1. The SMILES string of the molecule is CCc1nc2ccccc2n1-c1nc(N2CCOCC2)c2sc(CN3CCN(CCC=O)CC3(C)C)cc2n1. The van der Waals surface area contributed by atoms with Crippen molar-refractivity contribution in [3.8, 4) is 5.95 Å². The van der Waals surface area contributed by atoms with Gasteiger partial charge in [0.15, 0.2) is 5.82 Å². The van der Waals surface area contributed by atoms with Crippen molar-refractivity contribution in [3.05, 3.63) is 41.0 Å². The second-order valence-electron chi connectivity index (χ2n) is 11.0. The van der Waals surface area contributed by atoms with Gasteiger partial charge in [0.25, 0.3) is 0 Å². The zero-order chi connectivity index (χ0) is 27.0. The standard InChI is InChI=1S/C29H37N7O2S/c1-4-25-30-22-8-5-6-9-24(22)36(25)28-31-23-18-21(39-26(23)27(32-28)34-13-16-38-17-14-34)19-35-12-11-33(10-7-15-37)20-29(35,2)3/h5-6,8-9,15,18H,4,7,10-14,16-17,19-20H2,1-3H3. The maximum absolute atomic E-state index is 10.9. The van der Waals surface area contributed by atoms with Gasteiger partial charge in [-0.1, -0.05) is 19.1 Å². The minimum atomic E-state index is 0.0208. The van der Waals surface area contributed by atoms with Crippen LogP contribution in [0.25, 0.3) is 27.2 Å². The summed E-state index contributed by atoms with van der Waals surface area (Å²) in [5.41, 5.74) is 3.01. The fraction of sp³-hybridized carbons (Fsp3) is 0.517. The lowest BCUT2D eigenvalue weighted by Gasteiger charge is -2.47. The smallest absolute Gasteiger partial charge is 0.238 e. The van der Waals surface area contributed by atoms with Crippen LogP contribution < -0.4 is 4.90 Å². The van der Waals surface area contributed by atoms with Crippen LogP contribution in [0.1, 0.15) is 37.9 Å². The minimum Gasteiger partial charge on any atom is -0.378 e. The number of nitrogens with zero attached hydrogens (tertiary/aromatic N) is 7. The molecule has 2 saturated heterocycles. The fourth-order valence-electron chi connectivity index (χ4n) is 5.85. The lowest BCUT2D eigenvalue weighted by molar-refractivity contribution is -0.108. The molecule has 0 atom stereocenters. The number of piperazine rings is 1. The quantitative estimate of drug-likeness (QED) is 0.307. The monoisotopic (exact) mass is 547 g/mol. The number of aromatic nitrogens is 4. The van der Waals surface area contributed by atoms with Crippen LogP contribution in [0.4, 0.5) is 5.82 Å². The van der Waals surface area contributed by atoms with Gasteiger partial charge in [-0.25, -0.2) is 9.97 Å². The average Bonchev–Trinajstić information content (AvgIpc) is 3.53. The first kappa shape index (κ1) is 26.3. The number of carbonyl (C=O) groups is 1. The number of aldehydes is 1. The predicted octanol–water partition coefficient (Wildman–Crippen LogP) is 3.91. The van der Waals surface area contributed by atoms with Gasteiger partial charge >= 0.3 is 0 Å². The van der Waals surface area contributed by atoms with Crippen molar-refractivity contribution in [3.63, 3.8) is 0 Å². The van der Waals surface area contributed by atoms with Gasteiger partial charge in [-0.3, -0.25) is 14.4 Å². The molecule has 0 unspecified atom stereocenters. The van der Waals surface area contributed by atoms with Crippen molar-refractivity contribution in [1.82, 2.24) is 29.3 Å². The van der Waals surface area contributed by atoms with Crippen LogP contribution >= 0.6 is 11.3 Å². The topological polar surface area (TPSA) is 79.6 Å². The van der Waals surface area contributed by atoms with Crippen LogP contribution in [0.3, 0.4) is 0 Å². The van der Waals surface area contributed by atoms with Crippen molar-refractivity contribution in [1.29, 1.82) is 0 Å². The molecule has 0 bridgehead atoms. The number of fused-ring (bicyclic) bond motifs is 2. The largest absolute Gasteiger partial charge is 0.378 e. The Balaban J connectivity index is 1.38. The molecule has 0 saturated carbocycles. The summed E-state index contributed by atoms with van der Waals surface area (Å²) in [4.78, 5) is 34.7. The van der Waals surface area contributed by atoms with E-state index in [4.69, 9.17) is 19.7 Å². The molecule has 39 heavy (non-hydrogen) atoms. The summed E-state index contributed by atoms with van der Waals surface area (Å²) in [6.45, 7) is 14.4. The van der Waals surface area contributed by atoms with Crippen LogP contribution in [0.2, 0.25) is 0 Å². The number of morpholine rings is 1. The summed E-state index contributed by atoms with van der Waals surface area (Å²) in [7, 11) is 0. The molecule has 0 spiro atoms. The number of ether oxygens (including phenoxy) is 1. The van der Waals surface area contributed by atoms with Gasteiger partial charge in [-0.15, -0.1) is 11.3 Å². The molecule has 9 nitrogen and oxygen atoms in total. The van der Waals surface area contributed by atoms with Gasteiger partial charge < -0.3 is 14.4 Å². The Hall–Kier alpha value is -2.92. The van der Waals surface area contributed by atoms with Crippen LogP contribution in [-0.4, -0.2) is 93.6 Å². The molecule has 5 heterocycles. The number of para-hydroxylation sites is 2. The van der Waals surface area contributed by atoms with E-state index in [2.05, 4.69) is 58.2 Å². The van der Waals surface area contributed by atoms with Gasteiger partial charge in [0.2, 0.25) is 5.95 Å². The van der Waals surface area contributed by atoms with Gasteiger partial charge in [0, 0.05) is 69.1 Å². The Morgan fingerprint density at radius 1 is 1.05 bits per heavy atom. The number of rotatable bonds is 8. The molecule has 3 aromatic heterocycles. The van der Waals surface area contributed by atoms with Gasteiger partial charge in [0.1, 0.15) is 12.1 Å². The molecule has 2 fully saturated rings. The summed E-state index contributed by atoms with van der Waals surface area (Å²) < 4.78 is 8.93. The predicted molar refractivity (Wildman–Crippen MR) is 156 cm³/mol. The van der Waals surface area contributed by atoms with Gasteiger partial charge in [-0.2, -0.15) is 4.98 Å². The van der Waals surface area contributed by atoms with Crippen molar-refractivity contribution >= 4 is 44.7 Å². The Bertz CT molecular complexity index is 1470. The van der Waals surface area contributed by atoms with Crippen LogP contribution in [-0.2, 0) is 22.5 Å². The minimum absolute atomic E-state index is 0.0208. The van der Waals surface area contributed by atoms with E-state index < -0.39 is 0 Å². The Labute approximate surface area is 233 Å². The zero-order valence-corrected chi connectivity index (χ0v) is 23.9. The number of benzene rings is 1. The number of carbonyl (C=O) groups excluding carboxylic acids is 1. The maximum Gasteiger partial charge on any atom is 0.238 e. The first-order valence-electron chi connectivity index (χ1n) is 14.0. The van der Waals surface area contributed by atoms with E-state index in [1.165, 1.54) is 4.88 Å². The highest BCUT2D eigenvalue weighted by atomic mass is 32.1. The molecular formula is C29H37N7O2S. The van der Waals surface area contributed by atoms with E-state index in [9.17, 15) is 4.79 Å². The van der Waals surface area contributed by atoms with Crippen LogP contribution in [0.15, 0.2) is 30.3 Å². The number of hydrogen-bond acceptors (Lipinski definition) is 9. The van der Waals surface area contributed by atoms with Gasteiger partial charge in [0.05, 0.1) is 34.5 Å². The molecule has 0 N–H and O–H groups in total. The molecule has 0 aliphatic carbocycles. The summed E-state index contributed by atoms with van der Waals surface area (Å²) in [6, 6.07) is 10.5. The van der Waals surface area contributed by atoms with E-state index in [-0.39, 0.29) is 5.54 Å². The highest BCUT2D eigenvalue weighted by Crippen LogP contribution is 2.36. The lowest BCUT2D eigenvalue weighted by atomic mass is 9.98. The fourth-order valence-corrected chi connectivity index (χ4v) is 6.98. The molecule has 0 radical (unpaired) electrons. The van der Waals surface area contributed by atoms with Crippen molar-refractivity contribution < 1.29 is 9.53 Å². The highest BCUT2D eigenvalue weighted by molar-refractivity contribution is 7.19. The Morgan fingerprint density at radius 3 is 2.64 bits per heavy atom. The number of imidazole rings is 1. The highest BCUT2D eigenvalue weighted by Gasteiger charge is 2.34. The molecular weight excluding hydrogens is 510 g/mol. The normalized spacial score (nSPS) is 18.8. The molecule has 1 aromatic carbocycles. The molecule has 10 heteroatoms. The summed E-state index contributed by atoms with van der Waals surface area (Å²) in [5, 5.41) is 0.